The highest BCUT2D eigenvalue weighted by Gasteiger charge is 2.13. The number of carboxylic acids is 1. The zero-order valence-electron chi connectivity index (χ0n) is 11.7. The van der Waals surface area contributed by atoms with Gasteiger partial charge in [0.1, 0.15) is 5.75 Å². The number of benzene rings is 2. The number of hydrogen-bond acceptors (Lipinski definition) is 3. The van der Waals surface area contributed by atoms with Crippen LogP contribution in [0.25, 0.3) is 0 Å². The van der Waals surface area contributed by atoms with Crippen LogP contribution in [0.3, 0.4) is 0 Å². The maximum Gasteiger partial charge on any atom is 0.336 e. The third kappa shape index (κ3) is 3.02. The predicted octanol–water partition coefficient (Wildman–Crippen LogP) is 2.96. The fourth-order valence-electron chi connectivity index (χ4n) is 2.00. The number of hydrogen-bond donors (Lipinski definition) is 3. The standard InChI is InChI=1S/C16H15NO4/c1-9-6-7-11(8-13(9)16(20)21)17-15(19)12-4-3-5-14(18)10(12)2/h3-8,18H,1-2H3,(H,17,19)(H,20,21). The van der Waals surface area contributed by atoms with Crippen molar-refractivity contribution in [2.75, 3.05) is 5.32 Å². The summed E-state index contributed by atoms with van der Waals surface area (Å²) in [5.74, 6) is -1.40. The van der Waals surface area contributed by atoms with E-state index in [0.717, 1.165) is 0 Å². The van der Waals surface area contributed by atoms with E-state index >= 15 is 0 Å². The van der Waals surface area contributed by atoms with Gasteiger partial charge in [0.15, 0.2) is 0 Å². The van der Waals surface area contributed by atoms with Gasteiger partial charge in [-0.1, -0.05) is 12.1 Å². The van der Waals surface area contributed by atoms with Crippen LogP contribution in [-0.2, 0) is 0 Å². The Bertz CT molecular complexity index is 722. The number of nitrogens with one attached hydrogen (secondary N) is 1. The summed E-state index contributed by atoms with van der Waals surface area (Å²) in [6.07, 6.45) is 0. The average Bonchev–Trinajstić information content (AvgIpc) is 2.43. The summed E-state index contributed by atoms with van der Waals surface area (Å²) in [5.41, 5.74) is 1.97. The number of carbonyl (C=O) groups excluding carboxylic acids is 1. The minimum Gasteiger partial charge on any atom is -0.508 e. The Balaban J connectivity index is 2.30. The van der Waals surface area contributed by atoms with Crippen LogP contribution < -0.4 is 5.32 Å². The van der Waals surface area contributed by atoms with E-state index in [9.17, 15) is 14.7 Å². The maximum atomic E-state index is 12.2. The van der Waals surface area contributed by atoms with E-state index in [2.05, 4.69) is 5.32 Å². The minimum absolute atomic E-state index is 0.0396. The van der Waals surface area contributed by atoms with Crippen LogP contribution in [0, 0.1) is 13.8 Å². The maximum absolute atomic E-state index is 12.2. The number of aryl methyl sites for hydroxylation is 1. The molecule has 2 aromatic carbocycles. The monoisotopic (exact) mass is 285 g/mol. The fourth-order valence-corrected chi connectivity index (χ4v) is 2.00. The molecule has 2 rings (SSSR count). The van der Waals surface area contributed by atoms with Gasteiger partial charge in [-0.05, 0) is 43.7 Å². The van der Waals surface area contributed by atoms with Gasteiger partial charge in [-0.3, -0.25) is 4.79 Å². The van der Waals surface area contributed by atoms with Gasteiger partial charge in [0.2, 0.25) is 0 Å². The zero-order chi connectivity index (χ0) is 15.6. The predicted molar refractivity (Wildman–Crippen MR) is 78.9 cm³/mol. The summed E-state index contributed by atoms with van der Waals surface area (Å²) in [5, 5.41) is 21.3. The number of carboxylic acid groups (broad SMARTS) is 1. The number of phenols is 1. The molecule has 0 aliphatic rings. The first-order valence-corrected chi connectivity index (χ1v) is 6.34. The normalized spacial score (nSPS) is 10.2. The largest absolute Gasteiger partial charge is 0.508 e. The molecule has 0 aromatic heterocycles. The minimum atomic E-state index is -1.04. The lowest BCUT2D eigenvalue weighted by molar-refractivity contribution is 0.0695. The molecule has 0 radical (unpaired) electrons. The summed E-state index contributed by atoms with van der Waals surface area (Å²) >= 11 is 0. The van der Waals surface area contributed by atoms with Crippen molar-refractivity contribution in [3.63, 3.8) is 0 Å². The molecule has 0 unspecified atom stereocenters. The second kappa shape index (κ2) is 5.66. The van der Waals surface area contributed by atoms with Crippen LogP contribution in [0.4, 0.5) is 5.69 Å². The summed E-state index contributed by atoms with van der Waals surface area (Å²) in [6.45, 7) is 3.33. The molecule has 5 nitrogen and oxygen atoms in total. The molecule has 0 heterocycles. The van der Waals surface area contributed by atoms with Crippen molar-refractivity contribution in [1.82, 2.24) is 0 Å². The van der Waals surface area contributed by atoms with Crippen molar-refractivity contribution in [3.8, 4) is 5.75 Å². The van der Waals surface area contributed by atoms with Crippen molar-refractivity contribution in [3.05, 3.63) is 58.7 Å². The van der Waals surface area contributed by atoms with Crippen molar-refractivity contribution < 1.29 is 19.8 Å². The molecule has 0 fully saturated rings. The molecule has 0 atom stereocenters. The number of rotatable bonds is 3. The Kier molecular flexibility index (Phi) is 3.93. The zero-order valence-corrected chi connectivity index (χ0v) is 11.7. The molecule has 0 aliphatic carbocycles. The summed E-state index contributed by atoms with van der Waals surface area (Å²) in [4.78, 5) is 23.3. The molecule has 21 heavy (non-hydrogen) atoms. The summed E-state index contributed by atoms with van der Waals surface area (Å²) in [7, 11) is 0. The SMILES string of the molecule is Cc1ccc(NC(=O)c2cccc(O)c2C)cc1C(=O)O. The molecule has 3 N–H and O–H groups in total. The van der Waals surface area contributed by atoms with Gasteiger partial charge in [-0.25, -0.2) is 4.79 Å². The van der Waals surface area contributed by atoms with Gasteiger partial charge in [-0.15, -0.1) is 0 Å². The number of carbonyl (C=O) groups is 2. The second-order valence-electron chi connectivity index (χ2n) is 4.74. The molecule has 0 aliphatic heterocycles. The second-order valence-corrected chi connectivity index (χ2v) is 4.74. The Labute approximate surface area is 121 Å². The smallest absolute Gasteiger partial charge is 0.336 e. The van der Waals surface area contributed by atoms with E-state index in [1.165, 1.54) is 12.1 Å². The molecule has 0 saturated heterocycles. The van der Waals surface area contributed by atoms with Gasteiger partial charge < -0.3 is 15.5 Å². The molecule has 0 spiro atoms. The lowest BCUT2D eigenvalue weighted by atomic mass is 10.1. The topological polar surface area (TPSA) is 86.6 Å². The van der Waals surface area contributed by atoms with Gasteiger partial charge >= 0.3 is 5.97 Å². The molecule has 0 saturated carbocycles. The third-order valence-electron chi connectivity index (χ3n) is 3.28. The van der Waals surface area contributed by atoms with Gasteiger partial charge in [0.05, 0.1) is 5.56 Å². The van der Waals surface area contributed by atoms with Gasteiger partial charge in [0.25, 0.3) is 5.91 Å². The fraction of sp³-hybridized carbons (Fsp3) is 0.125. The molecule has 0 bridgehead atoms. The lowest BCUT2D eigenvalue weighted by Crippen LogP contribution is -2.14. The van der Waals surface area contributed by atoms with E-state index in [-0.39, 0.29) is 11.3 Å². The van der Waals surface area contributed by atoms with Crippen LogP contribution in [0.15, 0.2) is 36.4 Å². The Morgan fingerprint density at radius 2 is 1.76 bits per heavy atom. The number of aromatic carboxylic acids is 1. The molecule has 5 heteroatoms. The number of amides is 1. The average molecular weight is 285 g/mol. The quantitative estimate of drug-likeness (QED) is 0.809. The molecular weight excluding hydrogens is 270 g/mol. The van der Waals surface area contributed by atoms with E-state index in [0.29, 0.717) is 22.4 Å². The lowest BCUT2D eigenvalue weighted by Gasteiger charge is -2.10. The van der Waals surface area contributed by atoms with Gasteiger partial charge in [0, 0.05) is 16.8 Å². The van der Waals surface area contributed by atoms with E-state index in [1.807, 2.05) is 0 Å². The highest BCUT2D eigenvalue weighted by Crippen LogP contribution is 2.21. The van der Waals surface area contributed by atoms with Crippen LogP contribution in [-0.4, -0.2) is 22.1 Å². The summed E-state index contributed by atoms with van der Waals surface area (Å²) < 4.78 is 0. The first kappa shape index (κ1) is 14.6. The highest BCUT2D eigenvalue weighted by molar-refractivity contribution is 6.06. The van der Waals surface area contributed by atoms with Crippen molar-refractivity contribution in [2.45, 2.75) is 13.8 Å². The van der Waals surface area contributed by atoms with E-state index in [1.54, 1.807) is 38.1 Å². The van der Waals surface area contributed by atoms with Crippen LogP contribution >= 0.6 is 0 Å². The van der Waals surface area contributed by atoms with Gasteiger partial charge in [-0.2, -0.15) is 0 Å². The van der Waals surface area contributed by atoms with E-state index < -0.39 is 11.9 Å². The van der Waals surface area contributed by atoms with Crippen molar-refractivity contribution in [1.29, 1.82) is 0 Å². The number of phenolic OH excluding ortho intramolecular Hbond substituents is 1. The van der Waals surface area contributed by atoms with Crippen LogP contribution in [0.2, 0.25) is 0 Å². The Morgan fingerprint density at radius 1 is 1.05 bits per heavy atom. The highest BCUT2D eigenvalue weighted by atomic mass is 16.4. The number of anilines is 1. The van der Waals surface area contributed by atoms with Crippen molar-refractivity contribution >= 4 is 17.6 Å². The molecule has 2 aromatic rings. The van der Waals surface area contributed by atoms with Crippen molar-refractivity contribution in [2.24, 2.45) is 0 Å². The molecule has 1 amide bonds. The Hall–Kier alpha value is -2.82. The van der Waals surface area contributed by atoms with Crippen LogP contribution in [0.1, 0.15) is 31.8 Å². The molecular formula is C16H15NO4. The first-order chi connectivity index (χ1) is 9.90. The Morgan fingerprint density at radius 3 is 2.43 bits per heavy atom. The molecule has 108 valence electrons. The van der Waals surface area contributed by atoms with Crippen LogP contribution in [0.5, 0.6) is 5.75 Å². The van der Waals surface area contributed by atoms with E-state index in [4.69, 9.17) is 5.11 Å². The summed E-state index contributed by atoms with van der Waals surface area (Å²) in [6, 6.07) is 9.35. The first-order valence-electron chi connectivity index (χ1n) is 6.34. The number of aromatic hydroxyl groups is 1. The third-order valence-corrected chi connectivity index (χ3v) is 3.28.